The van der Waals surface area contributed by atoms with Crippen LogP contribution in [0.2, 0.25) is 0 Å². The molecule has 5 N–H and O–H groups in total. The third kappa shape index (κ3) is 5.76. The molecule has 4 rings (SSSR count). The number of nitrogens with one attached hydrogen (secondary N) is 1. The summed E-state index contributed by atoms with van der Waals surface area (Å²) in [4.78, 5) is 30.0. The third-order valence-corrected chi connectivity index (χ3v) is 5.73. The van der Waals surface area contributed by atoms with Gasteiger partial charge >= 0.3 is 11.9 Å². The van der Waals surface area contributed by atoms with Crippen LogP contribution in [-0.2, 0) is 4.79 Å². The van der Waals surface area contributed by atoms with Gasteiger partial charge in [-0.1, -0.05) is 42.5 Å². The zero-order chi connectivity index (χ0) is 26.4. The summed E-state index contributed by atoms with van der Waals surface area (Å²) < 4.78 is 0. The second-order valence-corrected chi connectivity index (χ2v) is 8.20. The van der Waals surface area contributed by atoms with Gasteiger partial charge in [-0.05, 0) is 67.7 Å². The number of rotatable bonds is 8. The Morgan fingerprint density at radius 3 is 2.16 bits per heavy atom. The fraction of sp³-hybridized carbons (Fsp3) is 0.0690. The Bertz CT molecular complexity index is 1390. The summed E-state index contributed by atoms with van der Waals surface area (Å²) in [5.41, 5.74) is 9.52. The number of allylic oxidation sites excluding steroid dienone is 2. The molecule has 1 aliphatic rings. The first kappa shape index (κ1) is 25.0. The SMILES string of the molecule is C/C=C(\C=C(/N)c1cc(C(=O)O)cc(C2C=C(N(c3ccccc3)c3ccccc3)C=CN2)n1)C(=O)O. The number of dihydropyridines is 1. The zero-order valence-corrected chi connectivity index (χ0v) is 20.1. The second kappa shape index (κ2) is 11.1. The van der Waals surface area contributed by atoms with Crippen molar-refractivity contribution in [2.24, 2.45) is 5.73 Å². The number of nitrogens with zero attached hydrogens (tertiary/aromatic N) is 2. The van der Waals surface area contributed by atoms with Crippen LogP contribution in [0.5, 0.6) is 0 Å². The summed E-state index contributed by atoms with van der Waals surface area (Å²) in [7, 11) is 0. The number of hydrogen-bond acceptors (Lipinski definition) is 6. The number of nitrogens with two attached hydrogens (primary N) is 1. The molecular formula is C29H26N4O4. The smallest absolute Gasteiger partial charge is 0.335 e. The molecule has 0 spiro atoms. The van der Waals surface area contributed by atoms with E-state index in [2.05, 4.69) is 15.2 Å². The number of aromatic nitrogens is 1. The van der Waals surface area contributed by atoms with Crippen LogP contribution in [-0.4, -0.2) is 27.1 Å². The topological polar surface area (TPSA) is 129 Å². The summed E-state index contributed by atoms with van der Waals surface area (Å²) in [6.45, 7) is 1.58. The fourth-order valence-corrected chi connectivity index (χ4v) is 3.93. The van der Waals surface area contributed by atoms with E-state index in [0.29, 0.717) is 5.69 Å². The highest BCUT2D eigenvalue weighted by molar-refractivity contribution is 5.93. The molecular weight excluding hydrogens is 468 g/mol. The predicted molar refractivity (Wildman–Crippen MR) is 143 cm³/mol. The minimum absolute atomic E-state index is 0.0111. The highest BCUT2D eigenvalue weighted by Crippen LogP contribution is 2.33. The molecule has 0 aliphatic carbocycles. The molecule has 1 unspecified atom stereocenters. The fourth-order valence-electron chi connectivity index (χ4n) is 3.93. The van der Waals surface area contributed by atoms with Gasteiger partial charge in [-0.2, -0.15) is 0 Å². The highest BCUT2D eigenvalue weighted by Gasteiger charge is 2.21. The minimum Gasteiger partial charge on any atom is -0.478 e. The number of benzene rings is 2. The van der Waals surface area contributed by atoms with E-state index in [1.54, 1.807) is 13.1 Å². The molecule has 1 aromatic heterocycles. The molecule has 3 aromatic rings. The number of aliphatic carboxylic acids is 1. The van der Waals surface area contributed by atoms with Crippen molar-refractivity contribution in [3.63, 3.8) is 0 Å². The first-order chi connectivity index (χ1) is 17.9. The van der Waals surface area contributed by atoms with Crippen LogP contribution in [0.15, 0.2) is 115 Å². The molecule has 1 atom stereocenters. The van der Waals surface area contributed by atoms with E-state index in [9.17, 15) is 19.8 Å². The largest absolute Gasteiger partial charge is 0.478 e. The van der Waals surface area contributed by atoms with Crippen molar-refractivity contribution in [2.45, 2.75) is 13.0 Å². The molecule has 0 radical (unpaired) electrons. The van der Waals surface area contributed by atoms with Gasteiger partial charge < -0.3 is 26.2 Å². The van der Waals surface area contributed by atoms with Crippen LogP contribution >= 0.6 is 0 Å². The minimum atomic E-state index is -1.15. The van der Waals surface area contributed by atoms with Crippen molar-refractivity contribution in [2.75, 3.05) is 4.90 Å². The number of para-hydroxylation sites is 2. The van der Waals surface area contributed by atoms with Gasteiger partial charge in [0.25, 0.3) is 0 Å². The molecule has 8 heteroatoms. The summed E-state index contributed by atoms with van der Waals surface area (Å²) in [6, 6.07) is 22.1. The lowest BCUT2D eigenvalue weighted by atomic mass is 10.0. The molecule has 37 heavy (non-hydrogen) atoms. The van der Waals surface area contributed by atoms with Crippen LogP contribution in [0.25, 0.3) is 5.70 Å². The van der Waals surface area contributed by atoms with Crippen LogP contribution in [0.1, 0.15) is 34.7 Å². The van der Waals surface area contributed by atoms with E-state index in [-0.39, 0.29) is 22.5 Å². The Morgan fingerprint density at radius 1 is 1.00 bits per heavy atom. The highest BCUT2D eigenvalue weighted by atomic mass is 16.4. The number of carboxylic acids is 2. The van der Waals surface area contributed by atoms with Gasteiger partial charge in [0.15, 0.2) is 0 Å². The number of anilines is 2. The summed E-state index contributed by atoms with van der Waals surface area (Å²) in [5.74, 6) is -2.29. The number of hydrogen-bond donors (Lipinski definition) is 4. The lowest BCUT2D eigenvalue weighted by Gasteiger charge is -2.30. The Labute approximate surface area is 214 Å². The molecule has 0 saturated heterocycles. The quantitative estimate of drug-likeness (QED) is 0.255. The van der Waals surface area contributed by atoms with Crippen LogP contribution in [0.4, 0.5) is 11.4 Å². The van der Waals surface area contributed by atoms with Crippen molar-refractivity contribution >= 4 is 29.0 Å². The van der Waals surface area contributed by atoms with Crippen molar-refractivity contribution in [1.29, 1.82) is 0 Å². The van der Waals surface area contributed by atoms with Crippen molar-refractivity contribution < 1.29 is 19.8 Å². The molecule has 0 amide bonds. The second-order valence-electron chi connectivity index (χ2n) is 8.20. The average molecular weight is 495 g/mol. The number of carboxylic acid groups (broad SMARTS) is 2. The zero-order valence-electron chi connectivity index (χ0n) is 20.1. The first-order valence-electron chi connectivity index (χ1n) is 11.5. The van der Waals surface area contributed by atoms with E-state index in [0.717, 1.165) is 17.1 Å². The third-order valence-electron chi connectivity index (χ3n) is 5.73. The first-order valence-corrected chi connectivity index (χ1v) is 11.5. The Hall–Kier alpha value is -5.11. The average Bonchev–Trinajstić information content (AvgIpc) is 2.92. The normalized spacial score (nSPS) is 15.5. The van der Waals surface area contributed by atoms with E-state index in [4.69, 9.17) is 5.73 Å². The molecule has 2 heterocycles. The van der Waals surface area contributed by atoms with Crippen molar-refractivity contribution in [3.8, 4) is 0 Å². The molecule has 0 saturated carbocycles. The summed E-state index contributed by atoms with van der Waals surface area (Å²) in [5, 5.41) is 22.3. The van der Waals surface area contributed by atoms with Crippen molar-refractivity contribution in [3.05, 3.63) is 132 Å². The standard InChI is InChI=1S/C29H26N4O4/c1-2-19(28(34)35)15-24(30)25-16-20(29(36)37)17-27(32-25)26-18-23(13-14-31-26)33(21-9-5-3-6-10-21)22-11-7-4-8-12-22/h2-18,26,31H,30H2,1H3,(H,34,35)(H,36,37)/b19-2+,24-15-. The predicted octanol–water partition coefficient (Wildman–Crippen LogP) is 4.99. The van der Waals surface area contributed by atoms with E-state index in [1.165, 1.54) is 24.3 Å². The van der Waals surface area contributed by atoms with E-state index >= 15 is 0 Å². The Balaban J connectivity index is 1.79. The maximum Gasteiger partial charge on any atom is 0.335 e. The Kier molecular flexibility index (Phi) is 7.49. The van der Waals surface area contributed by atoms with Gasteiger partial charge in [0, 0.05) is 17.1 Å². The van der Waals surface area contributed by atoms with Gasteiger partial charge in [-0.25, -0.2) is 14.6 Å². The summed E-state index contributed by atoms with van der Waals surface area (Å²) in [6.07, 6.45) is 8.34. The molecule has 1 aliphatic heterocycles. The molecule has 8 nitrogen and oxygen atoms in total. The Morgan fingerprint density at radius 2 is 1.62 bits per heavy atom. The van der Waals surface area contributed by atoms with Gasteiger partial charge in [0.2, 0.25) is 0 Å². The van der Waals surface area contributed by atoms with E-state index in [1.807, 2.05) is 72.8 Å². The number of pyridine rings is 1. The van der Waals surface area contributed by atoms with Crippen LogP contribution in [0, 0.1) is 0 Å². The number of aromatic carboxylic acids is 1. The molecule has 0 fully saturated rings. The van der Waals surface area contributed by atoms with Crippen molar-refractivity contribution in [1.82, 2.24) is 10.3 Å². The lowest BCUT2D eigenvalue weighted by molar-refractivity contribution is -0.132. The van der Waals surface area contributed by atoms with Crippen LogP contribution in [0.3, 0.4) is 0 Å². The molecule has 186 valence electrons. The van der Waals surface area contributed by atoms with E-state index < -0.39 is 18.0 Å². The van der Waals surface area contributed by atoms with Gasteiger partial charge in [0.1, 0.15) is 0 Å². The summed E-state index contributed by atoms with van der Waals surface area (Å²) >= 11 is 0. The maximum atomic E-state index is 11.9. The van der Waals surface area contributed by atoms with Gasteiger partial charge in [0.05, 0.1) is 34.3 Å². The van der Waals surface area contributed by atoms with Gasteiger partial charge in [-0.15, -0.1) is 0 Å². The van der Waals surface area contributed by atoms with Crippen LogP contribution < -0.4 is 16.0 Å². The number of carbonyl (C=O) groups is 2. The lowest BCUT2D eigenvalue weighted by Crippen LogP contribution is -2.24. The monoisotopic (exact) mass is 494 g/mol. The molecule has 2 aromatic carbocycles. The maximum absolute atomic E-state index is 11.9. The van der Waals surface area contributed by atoms with Gasteiger partial charge in [-0.3, -0.25) is 0 Å². The molecule has 0 bridgehead atoms.